The van der Waals surface area contributed by atoms with Gasteiger partial charge in [-0.1, -0.05) is 6.07 Å². The van der Waals surface area contributed by atoms with Crippen molar-refractivity contribution in [3.8, 4) is 17.7 Å². The molecule has 0 bridgehead atoms. The predicted octanol–water partition coefficient (Wildman–Crippen LogP) is 1.24. The van der Waals surface area contributed by atoms with Crippen molar-refractivity contribution in [2.75, 3.05) is 25.2 Å². The lowest BCUT2D eigenvalue weighted by molar-refractivity contribution is 0.0923. The van der Waals surface area contributed by atoms with Gasteiger partial charge in [0.05, 0.1) is 11.6 Å². The van der Waals surface area contributed by atoms with Crippen LogP contribution < -0.4 is 26.1 Å². The minimum Gasteiger partial charge on any atom is -0.491 e. The highest BCUT2D eigenvalue weighted by atomic mass is 35.5. The Labute approximate surface area is 170 Å². The number of β-amino-alcohol motifs (C(OH)–C–C–N with tert-alkyl or cyclic N) is 1. The summed E-state index contributed by atoms with van der Waals surface area (Å²) in [6, 6.07) is 12.2. The van der Waals surface area contributed by atoms with Crippen molar-refractivity contribution in [1.29, 1.82) is 5.26 Å². The number of nitrogens with two attached hydrogens (primary N) is 1. The third-order valence-corrected chi connectivity index (χ3v) is 3.59. The van der Waals surface area contributed by atoms with Crippen LogP contribution in [0.2, 0.25) is 0 Å². The lowest BCUT2D eigenvalue weighted by atomic mass is 10.1. The van der Waals surface area contributed by atoms with E-state index in [2.05, 4.69) is 20.9 Å². The van der Waals surface area contributed by atoms with Crippen molar-refractivity contribution < 1.29 is 14.6 Å². The van der Waals surface area contributed by atoms with Crippen LogP contribution in [0.5, 0.6) is 11.6 Å². The van der Waals surface area contributed by atoms with E-state index >= 15 is 0 Å². The largest absolute Gasteiger partial charge is 0.491 e. The lowest BCUT2D eigenvalue weighted by Gasteiger charge is -2.27. The number of aliphatic hydroxyl groups excluding tert-OH is 1. The Morgan fingerprint density at radius 1 is 1.25 bits per heavy atom. The first-order valence-corrected chi connectivity index (χ1v) is 8.41. The molecule has 0 saturated heterocycles. The molecule has 5 N–H and O–H groups in total. The molecule has 0 radical (unpaired) electrons. The molecule has 152 valence electrons. The van der Waals surface area contributed by atoms with Gasteiger partial charge in [-0.15, -0.1) is 22.6 Å². The van der Waals surface area contributed by atoms with E-state index in [9.17, 15) is 5.11 Å². The van der Waals surface area contributed by atoms with Crippen molar-refractivity contribution in [1.82, 2.24) is 15.5 Å². The highest BCUT2D eigenvalue weighted by Crippen LogP contribution is 2.13. The van der Waals surface area contributed by atoms with Crippen LogP contribution in [0.4, 0.5) is 5.82 Å². The van der Waals surface area contributed by atoms with E-state index in [-0.39, 0.29) is 19.0 Å². The molecule has 0 aliphatic carbocycles. The van der Waals surface area contributed by atoms with Gasteiger partial charge in [-0.25, -0.2) is 5.84 Å². The Kier molecular flexibility index (Phi) is 9.41. The lowest BCUT2D eigenvalue weighted by Crippen LogP contribution is -2.48. The average Bonchev–Trinajstić information content (AvgIpc) is 2.70. The van der Waals surface area contributed by atoms with Crippen molar-refractivity contribution in [3.05, 3.63) is 42.0 Å². The van der Waals surface area contributed by atoms with Crippen molar-refractivity contribution in [2.24, 2.45) is 5.84 Å². The van der Waals surface area contributed by atoms with Crippen LogP contribution in [-0.4, -0.2) is 46.7 Å². The summed E-state index contributed by atoms with van der Waals surface area (Å²) < 4.78 is 11.1. The maximum absolute atomic E-state index is 10.1. The van der Waals surface area contributed by atoms with Gasteiger partial charge in [0.2, 0.25) is 5.88 Å². The second-order valence-electron chi connectivity index (χ2n) is 6.56. The van der Waals surface area contributed by atoms with E-state index in [1.54, 1.807) is 36.4 Å². The molecule has 1 aromatic carbocycles. The zero-order valence-corrected chi connectivity index (χ0v) is 16.6. The molecule has 2 rings (SSSR count). The summed E-state index contributed by atoms with van der Waals surface area (Å²) in [7, 11) is 0. The number of anilines is 1. The molecular formula is C18H25ClN6O3. The van der Waals surface area contributed by atoms with Gasteiger partial charge >= 0.3 is 0 Å². The molecule has 0 amide bonds. The molecule has 1 heterocycles. The Balaban J connectivity index is 0.00000392. The summed E-state index contributed by atoms with van der Waals surface area (Å²) in [5, 5.41) is 29.9. The van der Waals surface area contributed by atoms with Crippen LogP contribution in [0.1, 0.15) is 19.4 Å². The number of aliphatic hydroxyl groups is 1. The number of benzene rings is 1. The van der Waals surface area contributed by atoms with Gasteiger partial charge in [-0.2, -0.15) is 5.26 Å². The van der Waals surface area contributed by atoms with Crippen LogP contribution in [0.25, 0.3) is 0 Å². The van der Waals surface area contributed by atoms with E-state index in [1.165, 1.54) is 0 Å². The summed E-state index contributed by atoms with van der Waals surface area (Å²) in [5.74, 6) is 6.61. The maximum atomic E-state index is 10.1. The number of aromatic nitrogens is 2. The van der Waals surface area contributed by atoms with Crippen molar-refractivity contribution in [3.63, 3.8) is 0 Å². The smallest absolute Gasteiger partial charge is 0.233 e. The van der Waals surface area contributed by atoms with Gasteiger partial charge in [0, 0.05) is 18.2 Å². The summed E-state index contributed by atoms with van der Waals surface area (Å²) >= 11 is 0. The number of ether oxygens (including phenoxy) is 2. The molecule has 0 saturated carbocycles. The Hall–Kier alpha value is -2.64. The second kappa shape index (κ2) is 11.3. The standard InChI is InChI=1S/C18H24N6O3.ClH/c1-18(2,12-27-17-7-6-16(22-20)23-24-17)21-10-14(25)11-26-15-5-3-4-13(8-15)9-19;/h3-8,14,21,25H,10-12,20H2,1-2H3,(H,22,23);1H. The van der Waals surface area contributed by atoms with Crippen LogP contribution in [0.3, 0.4) is 0 Å². The highest BCUT2D eigenvalue weighted by Gasteiger charge is 2.20. The van der Waals surface area contributed by atoms with E-state index in [0.29, 0.717) is 36.2 Å². The van der Waals surface area contributed by atoms with Crippen molar-refractivity contribution in [2.45, 2.75) is 25.5 Å². The number of nitriles is 1. The number of nitrogens with zero attached hydrogens (tertiary/aromatic N) is 3. The molecule has 1 atom stereocenters. The fraction of sp³-hybridized carbons (Fsp3) is 0.389. The first-order chi connectivity index (χ1) is 12.9. The van der Waals surface area contributed by atoms with Gasteiger partial charge < -0.3 is 25.3 Å². The number of hydrazine groups is 1. The van der Waals surface area contributed by atoms with E-state index in [0.717, 1.165) is 0 Å². The predicted molar refractivity (Wildman–Crippen MR) is 107 cm³/mol. The third kappa shape index (κ3) is 7.94. The molecule has 10 heteroatoms. The summed E-state index contributed by atoms with van der Waals surface area (Å²) in [6.45, 7) is 4.64. The molecule has 9 nitrogen and oxygen atoms in total. The van der Waals surface area contributed by atoms with Gasteiger partial charge in [0.1, 0.15) is 25.1 Å². The van der Waals surface area contributed by atoms with Crippen LogP contribution in [0, 0.1) is 11.3 Å². The molecule has 1 aromatic heterocycles. The second-order valence-corrected chi connectivity index (χ2v) is 6.56. The number of nitrogen functional groups attached to an aromatic ring is 1. The molecule has 28 heavy (non-hydrogen) atoms. The zero-order chi connectivity index (χ0) is 19.7. The normalized spacial score (nSPS) is 11.7. The molecule has 0 aliphatic heterocycles. The highest BCUT2D eigenvalue weighted by molar-refractivity contribution is 5.85. The number of halogens is 1. The SMILES string of the molecule is CC(C)(COc1ccc(NN)nn1)NCC(O)COc1cccc(C#N)c1.Cl. The monoisotopic (exact) mass is 408 g/mol. The topological polar surface area (TPSA) is 138 Å². The molecule has 0 fully saturated rings. The average molecular weight is 409 g/mol. The Morgan fingerprint density at radius 3 is 2.68 bits per heavy atom. The summed E-state index contributed by atoms with van der Waals surface area (Å²) in [6.07, 6.45) is -0.718. The fourth-order valence-electron chi connectivity index (χ4n) is 2.08. The molecule has 0 spiro atoms. The zero-order valence-electron chi connectivity index (χ0n) is 15.8. The van der Waals surface area contributed by atoms with E-state index in [1.807, 2.05) is 19.9 Å². The van der Waals surface area contributed by atoms with Crippen LogP contribution >= 0.6 is 12.4 Å². The van der Waals surface area contributed by atoms with Crippen molar-refractivity contribution >= 4 is 18.2 Å². The number of hydrogen-bond acceptors (Lipinski definition) is 9. The third-order valence-electron chi connectivity index (χ3n) is 3.59. The molecule has 1 unspecified atom stereocenters. The Morgan fingerprint density at radius 2 is 2.04 bits per heavy atom. The molecule has 0 aliphatic rings. The molecular weight excluding hydrogens is 384 g/mol. The minimum atomic E-state index is -0.718. The van der Waals surface area contributed by atoms with E-state index in [4.69, 9.17) is 20.6 Å². The Bertz CT molecular complexity index is 767. The van der Waals surface area contributed by atoms with Crippen LogP contribution in [0.15, 0.2) is 36.4 Å². The summed E-state index contributed by atoms with van der Waals surface area (Å²) in [4.78, 5) is 0. The van der Waals surface area contributed by atoms with Gasteiger partial charge in [-0.3, -0.25) is 0 Å². The van der Waals surface area contributed by atoms with Gasteiger partial charge in [0.15, 0.2) is 5.82 Å². The quantitative estimate of drug-likeness (QED) is 0.337. The summed E-state index contributed by atoms with van der Waals surface area (Å²) in [5.41, 5.74) is 2.49. The molecule has 2 aromatic rings. The van der Waals surface area contributed by atoms with Gasteiger partial charge in [-0.05, 0) is 38.1 Å². The first kappa shape index (κ1) is 23.4. The van der Waals surface area contributed by atoms with Crippen LogP contribution in [-0.2, 0) is 0 Å². The van der Waals surface area contributed by atoms with Gasteiger partial charge in [0.25, 0.3) is 0 Å². The fourth-order valence-corrected chi connectivity index (χ4v) is 2.08. The number of nitrogens with one attached hydrogen (secondary N) is 2. The minimum absolute atomic E-state index is 0. The van der Waals surface area contributed by atoms with E-state index < -0.39 is 11.6 Å². The first-order valence-electron chi connectivity index (χ1n) is 8.41. The maximum Gasteiger partial charge on any atom is 0.233 e. The number of rotatable bonds is 10. The number of hydrogen-bond donors (Lipinski definition) is 4.